The Morgan fingerprint density at radius 1 is 1.40 bits per heavy atom. The number of hydrogen-bond acceptors (Lipinski definition) is 3. The number of carbonyl (C=O) groups is 1. The van der Waals surface area contributed by atoms with Crippen LogP contribution in [0.2, 0.25) is 0 Å². The number of aliphatic carboxylic acids is 1. The molecule has 0 spiro atoms. The molecule has 0 radical (unpaired) electrons. The maximum atomic E-state index is 10.7. The van der Waals surface area contributed by atoms with E-state index in [4.69, 9.17) is 5.11 Å². The van der Waals surface area contributed by atoms with Crippen molar-refractivity contribution in [2.24, 2.45) is 0 Å². The summed E-state index contributed by atoms with van der Waals surface area (Å²) in [7, 11) is 0. The molecular formula is C11H23NO2S. The first-order valence-corrected chi connectivity index (χ1v) is 6.99. The highest BCUT2D eigenvalue weighted by atomic mass is 32.2. The predicted octanol–water partition coefficient (Wildman–Crippen LogP) is 2.31. The molecule has 0 bridgehead atoms. The molecule has 0 aromatic heterocycles. The maximum absolute atomic E-state index is 10.7. The largest absolute Gasteiger partial charge is 0.481 e. The molecule has 0 aliphatic carbocycles. The van der Waals surface area contributed by atoms with E-state index in [1.165, 1.54) is 0 Å². The highest BCUT2D eigenvalue weighted by molar-refractivity contribution is 7.98. The first-order valence-electron chi connectivity index (χ1n) is 5.60. The monoisotopic (exact) mass is 233 g/mol. The second-order valence-electron chi connectivity index (χ2n) is 3.61. The summed E-state index contributed by atoms with van der Waals surface area (Å²) in [4.78, 5) is 13.0. The van der Waals surface area contributed by atoms with Gasteiger partial charge in [-0.05, 0) is 37.9 Å². The van der Waals surface area contributed by atoms with Crippen LogP contribution in [0.4, 0.5) is 0 Å². The summed E-state index contributed by atoms with van der Waals surface area (Å²) in [5.74, 6) is 0.438. The molecule has 0 heterocycles. The van der Waals surface area contributed by atoms with Crippen LogP contribution in [0, 0.1) is 0 Å². The summed E-state index contributed by atoms with van der Waals surface area (Å²) < 4.78 is 0. The lowest BCUT2D eigenvalue weighted by Crippen LogP contribution is -2.36. The van der Waals surface area contributed by atoms with E-state index in [-0.39, 0.29) is 12.5 Å². The highest BCUT2D eigenvalue weighted by Crippen LogP contribution is 2.13. The fraction of sp³-hybridized carbons (Fsp3) is 0.909. The van der Waals surface area contributed by atoms with Gasteiger partial charge in [-0.2, -0.15) is 11.8 Å². The first-order chi connectivity index (χ1) is 7.15. The average Bonchev–Trinajstić information content (AvgIpc) is 2.19. The van der Waals surface area contributed by atoms with E-state index in [1.54, 1.807) is 0 Å². The number of hydrogen-bond donors (Lipinski definition) is 1. The Morgan fingerprint density at radius 3 is 2.40 bits per heavy atom. The smallest absolute Gasteiger partial charge is 0.304 e. The van der Waals surface area contributed by atoms with Gasteiger partial charge in [-0.1, -0.05) is 13.8 Å². The van der Waals surface area contributed by atoms with E-state index in [2.05, 4.69) is 25.0 Å². The van der Waals surface area contributed by atoms with Crippen LogP contribution in [0.5, 0.6) is 0 Å². The summed E-state index contributed by atoms with van der Waals surface area (Å²) >= 11 is 1.82. The van der Waals surface area contributed by atoms with Crippen molar-refractivity contribution in [3.63, 3.8) is 0 Å². The van der Waals surface area contributed by atoms with Crippen molar-refractivity contribution in [3.8, 4) is 0 Å². The first kappa shape index (κ1) is 14.8. The zero-order chi connectivity index (χ0) is 11.7. The number of rotatable bonds is 9. The molecular weight excluding hydrogens is 210 g/mol. The van der Waals surface area contributed by atoms with Crippen LogP contribution in [-0.2, 0) is 4.79 Å². The topological polar surface area (TPSA) is 40.5 Å². The predicted molar refractivity (Wildman–Crippen MR) is 66.6 cm³/mol. The Labute approximate surface area is 97.2 Å². The summed E-state index contributed by atoms with van der Waals surface area (Å²) in [5.41, 5.74) is 0. The van der Waals surface area contributed by atoms with Crippen LogP contribution in [0.25, 0.3) is 0 Å². The maximum Gasteiger partial charge on any atom is 0.304 e. The lowest BCUT2D eigenvalue weighted by molar-refractivity contribution is -0.138. The van der Waals surface area contributed by atoms with Gasteiger partial charge in [-0.15, -0.1) is 0 Å². The Morgan fingerprint density at radius 2 is 2.00 bits per heavy atom. The minimum atomic E-state index is -0.684. The van der Waals surface area contributed by atoms with Crippen molar-refractivity contribution in [1.29, 1.82) is 0 Å². The van der Waals surface area contributed by atoms with Crippen LogP contribution in [0.1, 0.15) is 33.1 Å². The van der Waals surface area contributed by atoms with Crippen LogP contribution >= 0.6 is 11.8 Å². The second kappa shape index (κ2) is 9.04. The Kier molecular flexibility index (Phi) is 8.91. The molecule has 1 atom stereocenters. The molecule has 0 saturated carbocycles. The third-order valence-corrected chi connectivity index (χ3v) is 3.32. The summed E-state index contributed by atoms with van der Waals surface area (Å²) in [5, 5.41) is 8.85. The standard InChI is InChI=1S/C11H23NO2S/c1-4-12(5-2)10(9-11(13)14)7-6-8-15-3/h10H,4-9H2,1-3H3,(H,13,14). The number of carboxylic acids is 1. The Bertz CT molecular complexity index is 172. The fourth-order valence-electron chi connectivity index (χ4n) is 1.82. The molecule has 0 aliphatic rings. The van der Waals surface area contributed by atoms with Crippen LogP contribution in [0.3, 0.4) is 0 Å². The SMILES string of the molecule is CCN(CC)C(CCCSC)CC(=O)O. The Hall–Kier alpha value is -0.220. The molecule has 4 heteroatoms. The minimum Gasteiger partial charge on any atom is -0.481 e. The molecule has 0 rings (SSSR count). The molecule has 0 amide bonds. The van der Waals surface area contributed by atoms with Crippen LogP contribution in [0.15, 0.2) is 0 Å². The molecule has 1 unspecified atom stereocenters. The van der Waals surface area contributed by atoms with E-state index in [0.29, 0.717) is 0 Å². The lowest BCUT2D eigenvalue weighted by atomic mass is 10.1. The Balaban J connectivity index is 4.09. The van der Waals surface area contributed by atoms with Crippen molar-refractivity contribution in [2.45, 2.75) is 39.2 Å². The third kappa shape index (κ3) is 6.79. The summed E-state index contributed by atoms with van der Waals surface area (Å²) in [6.45, 7) is 6.06. The second-order valence-corrected chi connectivity index (χ2v) is 4.59. The van der Waals surface area contributed by atoms with Gasteiger partial charge in [0.2, 0.25) is 0 Å². The van der Waals surface area contributed by atoms with Gasteiger partial charge in [0.05, 0.1) is 6.42 Å². The van der Waals surface area contributed by atoms with Gasteiger partial charge >= 0.3 is 5.97 Å². The average molecular weight is 233 g/mol. The molecule has 90 valence electrons. The third-order valence-electron chi connectivity index (χ3n) is 2.62. The molecule has 0 fully saturated rings. The fourth-order valence-corrected chi connectivity index (χ4v) is 2.27. The van der Waals surface area contributed by atoms with Gasteiger partial charge < -0.3 is 10.0 Å². The van der Waals surface area contributed by atoms with Crippen LogP contribution < -0.4 is 0 Å². The molecule has 1 N–H and O–H groups in total. The molecule has 3 nitrogen and oxygen atoms in total. The molecule has 0 aromatic rings. The number of thioether (sulfide) groups is 1. The summed E-state index contributed by atoms with van der Waals surface area (Å²) in [6.07, 6.45) is 4.46. The quantitative estimate of drug-likeness (QED) is 0.620. The van der Waals surface area contributed by atoms with E-state index in [1.807, 2.05) is 11.8 Å². The van der Waals surface area contributed by atoms with Crippen molar-refractivity contribution >= 4 is 17.7 Å². The van der Waals surface area contributed by atoms with Gasteiger partial charge in [-0.3, -0.25) is 4.79 Å². The normalized spacial score (nSPS) is 13.1. The molecule has 0 aromatic carbocycles. The van der Waals surface area contributed by atoms with Gasteiger partial charge in [0, 0.05) is 6.04 Å². The van der Waals surface area contributed by atoms with Gasteiger partial charge in [0.15, 0.2) is 0 Å². The highest BCUT2D eigenvalue weighted by Gasteiger charge is 2.18. The van der Waals surface area contributed by atoms with E-state index >= 15 is 0 Å². The van der Waals surface area contributed by atoms with Gasteiger partial charge in [0.1, 0.15) is 0 Å². The zero-order valence-corrected chi connectivity index (χ0v) is 10.8. The van der Waals surface area contributed by atoms with E-state index < -0.39 is 5.97 Å². The van der Waals surface area contributed by atoms with E-state index in [9.17, 15) is 4.79 Å². The van der Waals surface area contributed by atoms with Crippen molar-refractivity contribution in [2.75, 3.05) is 25.1 Å². The minimum absolute atomic E-state index is 0.213. The van der Waals surface area contributed by atoms with Gasteiger partial charge in [-0.25, -0.2) is 0 Å². The number of carboxylic acid groups (broad SMARTS) is 1. The van der Waals surface area contributed by atoms with E-state index in [0.717, 1.165) is 31.7 Å². The molecule has 0 aliphatic heterocycles. The van der Waals surface area contributed by atoms with Crippen molar-refractivity contribution < 1.29 is 9.90 Å². The molecule has 15 heavy (non-hydrogen) atoms. The van der Waals surface area contributed by atoms with Crippen molar-refractivity contribution in [3.05, 3.63) is 0 Å². The lowest BCUT2D eigenvalue weighted by Gasteiger charge is -2.28. The zero-order valence-electron chi connectivity index (χ0n) is 10.0. The number of nitrogens with zero attached hydrogens (tertiary/aromatic N) is 1. The summed E-state index contributed by atoms with van der Waals surface area (Å²) in [6, 6.07) is 0.213. The van der Waals surface area contributed by atoms with Crippen molar-refractivity contribution in [1.82, 2.24) is 4.90 Å². The van der Waals surface area contributed by atoms with Crippen LogP contribution in [-0.4, -0.2) is 47.1 Å². The van der Waals surface area contributed by atoms with Gasteiger partial charge in [0.25, 0.3) is 0 Å². The molecule has 0 saturated heterocycles.